The minimum absolute atomic E-state index is 0.241. The van der Waals surface area contributed by atoms with Crippen LogP contribution in [0.15, 0.2) is 53.7 Å². The number of ether oxygens (including phenoxy) is 1. The molecule has 0 unspecified atom stereocenters. The number of hydrogen-bond acceptors (Lipinski definition) is 5. The van der Waals surface area contributed by atoms with Crippen LogP contribution in [0.25, 0.3) is 10.8 Å². The monoisotopic (exact) mass is 415 g/mol. The average molecular weight is 416 g/mol. The second-order valence-electron chi connectivity index (χ2n) is 7.34. The van der Waals surface area contributed by atoms with Crippen molar-refractivity contribution in [1.82, 2.24) is 13.8 Å². The lowest BCUT2D eigenvalue weighted by Crippen LogP contribution is -2.48. The lowest BCUT2D eigenvalue weighted by atomic mass is 10.0. The van der Waals surface area contributed by atoms with Crippen molar-refractivity contribution in [3.63, 3.8) is 0 Å². The first-order valence-electron chi connectivity index (χ1n) is 9.51. The summed E-state index contributed by atoms with van der Waals surface area (Å²) in [5.74, 6) is 0.980. The molecule has 0 atom stereocenters. The van der Waals surface area contributed by atoms with Crippen LogP contribution in [0.1, 0.15) is 5.56 Å². The zero-order valence-corrected chi connectivity index (χ0v) is 17.4. The summed E-state index contributed by atoms with van der Waals surface area (Å²) >= 11 is 0. The van der Waals surface area contributed by atoms with Crippen LogP contribution in [0.3, 0.4) is 0 Å². The second-order valence-corrected chi connectivity index (χ2v) is 9.28. The Labute approximate surface area is 170 Å². The highest BCUT2D eigenvalue weighted by Crippen LogP contribution is 2.31. The average Bonchev–Trinajstić information content (AvgIpc) is 3.17. The van der Waals surface area contributed by atoms with E-state index in [1.165, 1.54) is 4.31 Å². The first-order valence-corrected chi connectivity index (χ1v) is 11.0. The van der Waals surface area contributed by atoms with E-state index in [9.17, 15) is 13.5 Å². The highest BCUT2D eigenvalue weighted by Gasteiger charge is 2.29. The van der Waals surface area contributed by atoms with Crippen molar-refractivity contribution in [2.24, 2.45) is 7.05 Å². The van der Waals surface area contributed by atoms with E-state index in [4.69, 9.17) is 4.74 Å². The maximum atomic E-state index is 12.8. The normalized spacial score (nSPS) is 16.3. The summed E-state index contributed by atoms with van der Waals surface area (Å²) in [5.41, 5.74) is 0.834. The molecule has 2 aromatic carbocycles. The number of phenolic OH excluding ortho intramolecular Hbond substituents is 1. The molecule has 154 valence electrons. The fourth-order valence-electron chi connectivity index (χ4n) is 3.77. The van der Waals surface area contributed by atoms with Gasteiger partial charge >= 0.3 is 0 Å². The van der Waals surface area contributed by atoms with Crippen molar-refractivity contribution >= 4 is 20.8 Å². The molecule has 0 spiro atoms. The van der Waals surface area contributed by atoms with Crippen LogP contribution in [0.5, 0.6) is 11.5 Å². The molecule has 2 heterocycles. The van der Waals surface area contributed by atoms with Crippen LogP contribution in [-0.2, 0) is 23.6 Å². The Balaban J connectivity index is 1.51. The molecule has 0 radical (unpaired) electrons. The molecule has 1 fully saturated rings. The summed E-state index contributed by atoms with van der Waals surface area (Å²) in [6.07, 6.45) is 3.37. The van der Waals surface area contributed by atoms with E-state index < -0.39 is 10.0 Å². The Morgan fingerprint density at radius 2 is 1.79 bits per heavy atom. The van der Waals surface area contributed by atoms with Crippen LogP contribution in [0, 0.1) is 0 Å². The Bertz CT molecular complexity index is 1130. The summed E-state index contributed by atoms with van der Waals surface area (Å²) in [6.45, 7) is 2.60. The summed E-state index contributed by atoms with van der Waals surface area (Å²) in [5, 5.41) is 12.4. The predicted molar refractivity (Wildman–Crippen MR) is 112 cm³/mol. The molecule has 7 nitrogen and oxygen atoms in total. The van der Waals surface area contributed by atoms with Gasteiger partial charge in [0.25, 0.3) is 0 Å². The number of methoxy groups -OCH3 is 1. The Hall–Kier alpha value is -2.55. The number of fused-ring (bicyclic) bond motifs is 1. The number of benzene rings is 2. The third kappa shape index (κ3) is 3.83. The maximum Gasteiger partial charge on any atom is 0.244 e. The van der Waals surface area contributed by atoms with Gasteiger partial charge in [0.05, 0.1) is 12.0 Å². The summed E-state index contributed by atoms with van der Waals surface area (Å²) in [7, 11) is -0.0402. The quantitative estimate of drug-likeness (QED) is 0.693. The molecule has 3 aromatic rings. The third-order valence-electron chi connectivity index (χ3n) is 5.47. The first-order chi connectivity index (χ1) is 13.9. The van der Waals surface area contributed by atoms with E-state index in [2.05, 4.69) is 4.90 Å². The highest BCUT2D eigenvalue weighted by atomic mass is 32.2. The molecule has 8 heteroatoms. The van der Waals surface area contributed by atoms with Gasteiger partial charge < -0.3 is 14.4 Å². The van der Waals surface area contributed by atoms with Gasteiger partial charge in [-0.15, -0.1) is 0 Å². The number of hydrogen-bond donors (Lipinski definition) is 1. The number of piperazine rings is 1. The molecule has 0 saturated carbocycles. The van der Waals surface area contributed by atoms with E-state index in [-0.39, 0.29) is 5.75 Å². The van der Waals surface area contributed by atoms with Crippen LogP contribution >= 0.6 is 0 Å². The highest BCUT2D eigenvalue weighted by molar-refractivity contribution is 7.89. The molecule has 4 rings (SSSR count). The van der Waals surface area contributed by atoms with Crippen LogP contribution in [0.2, 0.25) is 0 Å². The number of aromatic nitrogens is 1. The van der Waals surface area contributed by atoms with E-state index in [0.29, 0.717) is 37.6 Å². The van der Waals surface area contributed by atoms with Gasteiger partial charge in [-0.1, -0.05) is 12.1 Å². The number of phenols is 1. The molecule has 0 bridgehead atoms. The number of aryl methyl sites for hydroxylation is 1. The van der Waals surface area contributed by atoms with Gasteiger partial charge in [-0.3, -0.25) is 4.90 Å². The van der Waals surface area contributed by atoms with E-state index >= 15 is 0 Å². The van der Waals surface area contributed by atoms with Crippen molar-refractivity contribution in [2.45, 2.75) is 11.4 Å². The number of sulfonamides is 1. The van der Waals surface area contributed by atoms with Gasteiger partial charge in [0.2, 0.25) is 10.0 Å². The standard InChI is InChI=1S/C21H25N3O4S/c1-22-8-7-18(14-22)29(26,27)24-11-9-23(10-12-24)15-20-19-13-17(28-2)5-3-16(19)4-6-21(20)25/h3-8,13-14,25H,9-12,15H2,1-2H3. The van der Waals surface area contributed by atoms with E-state index in [1.54, 1.807) is 36.2 Å². The molecule has 0 amide bonds. The van der Waals surface area contributed by atoms with Gasteiger partial charge in [-0.25, -0.2) is 8.42 Å². The van der Waals surface area contributed by atoms with Crippen LogP contribution in [0.4, 0.5) is 0 Å². The maximum absolute atomic E-state index is 12.8. The van der Waals surface area contributed by atoms with Crippen molar-refractivity contribution in [1.29, 1.82) is 0 Å². The van der Waals surface area contributed by atoms with E-state index in [1.807, 2.05) is 31.3 Å². The molecule has 1 saturated heterocycles. The third-order valence-corrected chi connectivity index (χ3v) is 7.35. The predicted octanol–water partition coefficient (Wildman–Crippen LogP) is 2.40. The molecular formula is C21H25N3O4S. The molecule has 1 aliphatic heterocycles. The fourth-order valence-corrected chi connectivity index (χ4v) is 5.25. The lowest BCUT2D eigenvalue weighted by molar-refractivity contribution is 0.180. The molecule has 29 heavy (non-hydrogen) atoms. The van der Waals surface area contributed by atoms with Crippen molar-refractivity contribution in [3.05, 3.63) is 54.4 Å². The van der Waals surface area contributed by atoms with Gasteiger partial charge in [-0.2, -0.15) is 4.31 Å². The zero-order valence-electron chi connectivity index (χ0n) is 16.6. The zero-order chi connectivity index (χ0) is 20.6. The number of rotatable bonds is 5. The summed E-state index contributed by atoms with van der Waals surface area (Å²) < 4.78 is 34.2. The minimum Gasteiger partial charge on any atom is -0.508 e. The van der Waals surface area contributed by atoms with Gasteiger partial charge in [-0.05, 0) is 35.0 Å². The topological polar surface area (TPSA) is 75.0 Å². The minimum atomic E-state index is -3.47. The molecular weight excluding hydrogens is 390 g/mol. The van der Waals surface area contributed by atoms with Gasteiger partial charge in [0, 0.05) is 57.7 Å². The molecule has 0 aliphatic carbocycles. The second kappa shape index (κ2) is 7.70. The molecule has 1 N–H and O–H groups in total. The fraction of sp³-hybridized carbons (Fsp3) is 0.333. The smallest absolute Gasteiger partial charge is 0.244 e. The number of nitrogens with zero attached hydrogens (tertiary/aromatic N) is 3. The van der Waals surface area contributed by atoms with Crippen molar-refractivity contribution in [3.8, 4) is 11.5 Å². The molecule has 1 aliphatic rings. The van der Waals surface area contributed by atoms with Crippen molar-refractivity contribution in [2.75, 3.05) is 33.3 Å². The van der Waals surface area contributed by atoms with Crippen molar-refractivity contribution < 1.29 is 18.3 Å². The number of aromatic hydroxyl groups is 1. The Morgan fingerprint density at radius 3 is 2.45 bits per heavy atom. The first kappa shape index (κ1) is 19.8. The Kier molecular flexibility index (Phi) is 5.24. The molecule has 1 aromatic heterocycles. The van der Waals surface area contributed by atoms with Crippen LogP contribution < -0.4 is 4.74 Å². The lowest BCUT2D eigenvalue weighted by Gasteiger charge is -2.34. The SMILES string of the molecule is COc1ccc2ccc(O)c(CN3CCN(S(=O)(=O)c4ccn(C)c4)CC3)c2c1. The summed E-state index contributed by atoms with van der Waals surface area (Å²) in [4.78, 5) is 2.50. The van der Waals surface area contributed by atoms with Crippen LogP contribution in [-0.4, -0.2) is 60.6 Å². The largest absolute Gasteiger partial charge is 0.508 e. The summed E-state index contributed by atoms with van der Waals surface area (Å²) in [6, 6.07) is 11.0. The Morgan fingerprint density at radius 1 is 1.07 bits per heavy atom. The van der Waals surface area contributed by atoms with Gasteiger partial charge in [0.1, 0.15) is 11.5 Å². The van der Waals surface area contributed by atoms with Gasteiger partial charge in [0.15, 0.2) is 0 Å². The van der Waals surface area contributed by atoms with E-state index in [0.717, 1.165) is 22.1 Å².